The quantitative estimate of drug-likeness (QED) is 0.654. The number of hydrogen-bond acceptors (Lipinski definition) is 0. The molecule has 0 N–H and O–H groups in total. The highest BCUT2D eigenvalue weighted by Gasteiger charge is 2.13. The van der Waals surface area contributed by atoms with Gasteiger partial charge in [-0.15, -0.1) is 0 Å². The zero-order valence-electron chi connectivity index (χ0n) is 13.7. The lowest BCUT2D eigenvalue weighted by atomic mass is 10.2. The predicted molar refractivity (Wildman–Crippen MR) is 97.7 cm³/mol. The fourth-order valence-electron chi connectivity index (χ4n) is 3.22. The minimum atomic E-state index is 0.892. The molecule has 1 heterocycles. The minimum absolute atomic E-state index is 0.892. The molecule has 1 aliphatic rings. The lowest BCUT2D eigenvalue weighted by Gasteiger charge is -1.98. The molecule has 2 aromatic carbocycles. The normalized spacial score (nSPS) is 12.8. The van der Waals surface area contributed by atoms with E-state index in [0.29, 0.717) is 0 Å². The molecule has 0 fully saturated rings. The van der Waals surface area contributed by atoms with Crippen molar-refractivity contribution in [3.8, 4) is 0 Å². The highest BCUT2D eigenvalue weighted by molar-refractivity contribution is 5.40. The van der Waals surface area contributed by atoms with Gasteiger partial charge in [-0.05, 0) is 29.7 Å². The van der Waals surface area contributed by atoms with Gasteiger partial charge in [-0.25, -0.2) is 9.13 Å². The van der Waals surface area contributed by atoms with Gasteiger partial charge in [0.05, 0.1) is 0 Å². The van der Waals surface area contributed by atoms with Crippen molar-refractivity contribution in [3.05, 3.63) is 101 Å². The van der Waals surface area contributed by atoms with Gasteiger partial charge in [-0.3, -0.25) is 0 Å². The Morgan fingerprint density at radius 1 is 0.875 bits per heavy atom. The van der Waals surface area contributed by atoms with E-state index in [1.54, 1.807) is 0 Å². The Balaban J connectivity index is 1.78. The average molecular weight is 313 g/mol. The molecule has 0 atom stereocenters. The summed E-state index contributed by atoms with van der Waals surface area (Å²) in [6.07, 6.45) is 12.1. The molecular weight excluding hydrogens is 292 g/mol. The van der Waals surface area contributed by atoms with E-state index in [1.807, 2.05) is 0 Å². The lowest BCUT2D eigenvalue weighted by Crippen LogP contribution is -2.52. The minimum Gasteiger partial charge on any atom is -0.226 e. The van der Waals surface area contributed by atoms with Crippen LogP contribution in [0.2, 0.25) is 0 Å². The average Bonchev–Trinajstić information content (AvgIpc) is 2.80. The number of rotatable bonds is 4. The van der Waals surface area contributed by atoms with Crippen LogP contribution in [0.1, 0.15) is 17.5 Å². The van der Waals surface area contributed by atoms with Gasteiger partial charge in [0.25, 0.3) is 0 Å². The first-order valence-corrected chi connectivity index (χ1v) is 8.44. The maximum absolute atomic E-state index is 2.36. The van der Waals surface area contributed by atoms with Crippen molar-refractivity contribution in [2.24, 2.45) is 0 Å². The van der Waals surface area contributed by atoms with E-state index in [4.69, 9.17) is 0 Å². The SMILES string of the molecule is C1=CCC=c2c(n(Cc3ccccc3)c[n+]2Cc2ccccc2)=C1. The summed E-state index contributed by atoms with van der Waals surface area (Å²) in [5, 5.41) is 2.59. The lowest BCUT2D eigenvalue weighted by molar-refractivity contribution is -0.700. The monoisotopic (exact) mass is 313 g/mol. The Hall–Kier alpha value is -2.87. The van der Waals surface area contributed by atoms with Crippen molar-refractivity contribution in [2.45, 2.75) is 19.5 Å². The summed E-state index contributed by atoms with van der Waals surface area (Å²) in [5.74, 6) is 0. The Bertz CT molecular complexity index is 964. The van der Waals surface area contributed by atoms with Crippen molar-refractivity contribution >= 4 is 12.2 Å². The Morgan fingerprint density at radius 3 is 2.33 bits per heavy atom. The zero-order valence-corrected chi connectivity index (χ0v) is 13.7. The molecule has 4 rings (SSSR count). The van der Waals surface area contributed by atoms with E-state index in [-0.39, 0.29) is 0 Å². The van der Waals surface area contributed by atoms with Crippen molar-refractivity contribution in [2.75, 3.05) is 0 Å². The van der Waals surface area contributed by atoms with E-state index in [9.17, 15) is 0 Å². The molecule has 0 bridgehead atoms. The second-order valence-corrected chi connectivity index (χ2v) is 6.15. The predicted octanol–water partition coefficient (Wildman–Crippen LogP) is 2.39. The van der Waals surface area contributed by atoms with Gasteiger partial charge >= 0.3 is 0 Å². The van der Waals surface area contributed by atoms with Crippen molar-refractivity contribution in [1.82, 2.24) is 4.57 Å². The van der Waals surface area contributed by atoms with E-state index >= 15 is 0 Å². The van der Waals surface area contributed by atoms with Crippen molar-refractivity contribution in [1.29, 1.82) is 0 Å². The molecule has 0 saturated carbocycles. The summed E-state index contributed by atoms with van der Waals surface area (Å²) >= 11 is 0. The fourth-order valence-corrected chi connectivity index (χ4v) is 3.22. The molecule has 0 aliphatic heterocycles. The Kier molecular flexibility index (Phi) is 4.11. The molecule has 1 aliphatic carbocycles. The number of allylic oxidation sites excluding steroid dienone is 2. The summed E-state index contributed by atoms with van der Waals surface area (Å²) in [4.78, 5) is 0. The molecule has 2 nitrogen and oxygen atoms in total. The Labute approximate surface area is 142 Å². The van der Waals surface area contributed by atoms with Crippen LogP contribution >= 0.6 is 0 Å². The maximum Gasteiger partial charge on any atom is 0.245 e. The zero-order chi connectivity index (χ0) is 16.2. The van der Waals surface area contributed by atoms with Crippen LogP contribution in [0.5, 0.6) is 0 Å². The van der Waals surface area contributed by atoms with Gasteiger partial charge in [-0.1, -0.05) is 72.8 Å². The standard InChI is InChI=1S/C22H21N2/c1-4-10-19(11-5-1)16-23-18-24(17-20-12-6-2-7-13-20)22-15-9-3-8-14-21(22)23/h1-8,10-15,18H,9,16-17H2/q+1. The first-order chi connectivity index (χ1) is 11.9. The van der Waals surface area contributed by atoms with Gasteiger partial charge in [0.15, 0.2) is 10.7 Å². The van der Waals surface area contributed by atoms with Gasteiger partial charge in [0.1, 0.15) is 13.1 Å². The number of hydrogen-bond donors (Lipinski definition) is 0. The van der Waals surface area contributed by atoms with Crippen LogP contribution in [0.3, 0.4) is 0 Å². The number of nitrogens with zero attached hydrogens (tertiary/aromatic N) is 2. The van der Waals surface area contributed by atoms with Gasteiger partial charge in [0.2, 0.25) is 6.33 Å². The first kappa shape index (κ1) is 14.7. The third kappa shape index (κ3) is 3.09. The molecule has 0 radical (unpaired) electrons. The molecular formula is C22H21N2+. The summed E-state index contributed by atoms with van der Waals surface area (Å²) < 4.78 is 4.71. The van der Waals surface area contributed by atoms with Crippen molar-refractivity contribution < 1.29 is 4.57 Å². The number of benzene rings is 2. The molecule has 0 spiro atoms. The van der Waals surface area contributed by atoms with E-state index in [2.05, 4.69) is 100 Å². The van der Waals surface area contributed by atoms with Crippen LogP contribution in [0.4, 0.5) is 0 Å². The third-order valence-corrected chi connectivity index (χ3v) is 4.39. The van der Waals surface area contributed by atoms with Crippen LogP contribution in [0.25, 0.3) is 12.2 Å². The largest absolute Gasteiger partial charge is 0.245 e. The van der Waals surface area contributed by atoms with Crippen LogP contribution < -0.4 is 15.3 Å². The van der Waals surface area contributed by atoms with E-state index in [0.717, 1.165) is 19.5 Å². The molecule has 0 unspecified atom stereocenters. The van der Waals surface area contributed by atoms with Gasteiger partial charge in [0, 0.05) is 0 Å². The molecule has 0 saturated heterocycles. The molecule has 3 aromatic rings. The second kappa shape index (κ2) is 6.71. The summed E-state index contributed by atoms with van der Waals surface area (Å²) in [7, 11) is 0. The highest BCUT2D eigenvalue weighted by Crippen LogP contribution is 2.01. The molecule has 1 aromatic heterocycles. The summed E-state index contributed by atoms with van der Waals surface area (Å²) in [6, 6.07) is 21.3. The van der Waals surface area contributed by atoms with Gasteiger partial charge < -0.3 is 0 Å². The summed E-state index contributed by atoms with van der Waals surface area (Å²) in [5.41, 5.74) is 2.65. The smallest absolute Gasteiger partial charge is 0.226 e. The molecule has 118 valence electrons. The fraction of sp³-hybridized carbons (Fsp3) is 0.136. The van der Waals surface area contributed by atoms with Gasteiger partial charge in [-0.2, -0.15) is 0 Å². The topological polar surface area (TPSA) is 8.81 Å². The van der Waals surface area contributed by atoms with E-state index in [1.165, 1.54) is 21.8 Å². The number of aromatic nitrogens is 2. The first-order valence-electron chi connectivity index (χ1n) is 8.44. The molecule has 0 amide bonds. The third-order valence-electron chi connectivity index (χ3n) is 4.39. The molecule has 24 heavy (non-hydrogen) atoms. The van der Waals surface area contributed by atoms with Crippen LogP contribution in [0, 0.1) is 0 Å². The Morgan fingerprint density at radius 2 is 1.58 bits per heavy atom. The van der Waals surface area contributed by atoms with E-state index < -0.39 is 0 Å². The number of fused-ring (bicyclic) bond motifs is 1. The van der Waals surface area contributed by atoms with Crippen LogP contribution in [-0.4, -0.2) is 4.57 Å². The van der Waals surface area contributed by atoms with Crippen LogP contribution in [0.15, 0.2) is 79.1 Å². The molecule has 2 heteroatoms. The van der Waals surface area contributed by atoms with Crippen LogP contribution in [-0.2, 0) is 13.1 Å². The van der Waals surface area contributed by atoms with Crippen molar-refractivity contribution in [3.63, 3.8) is 0 Å². The second-order valence-electron chi connectivity index (χ2n) is 6.15. The number of imidazole rings is 1. The maximum atomic E-state index is 2.36. The summed E-state index contributed by atoms with van der Waals surface area (Å²) in [6.45, 7) is 1.79. The highest BCUT2D eigenvalue weighted by atomic mass is 15.1.